The lowest BCUT2D eigenvalue weighted by molar-refractivity contribution is -0.144. The average Bonchev–Trinajstić information content (AvgIpc) is 3.60. The molecule has 3 atom stereocenters. The standard InChI is InChI=1S/C27H46N4O6/c1-17(2)16-21(24(34)29-19(22(32)23(28)33)14-13-18-11-12-18)31-15-9-7-6-8-10-20(25(31)35)30-26(36)37-27(3,4)5/h17-21H,6-16H2,1-5H3,(H2,28,33)(H,29,34)(H,30,36)/t19?,20-,21-/m0/s1. The molecule has 4 N–H and O–H groups in total. The predicted octanol–water partition coefficient (Wildman–Crippen LogP) is 2.82. The molecule has 1 saturated carbocycles. The van der Waals surface area contributed by atoms with Crippen LogP contribution in [-0.2, 0) is 23.9 Å². The van der Waals surface area contributed by atoms with Gasteiger partial charge >= 0.3 is 6.09 Å². The van der Waals surface area contributed by atoms with Crippen molar-refractivity contribution >= 4 is 29.6 Å². The van der Waals surface area contributed by atoms with Crippen molar-refractivity contribution in [2.75, 3.05) is 6.54 Å². The van der Waals surface area contributed by atoms with Crippen molar-refractivity contribution in [2.45, 2.75) is 123 Å². The molecule has 0 radical (unpaired) electrons. The smallest absolute Gasteiger partial charge is 0.408 e. The average molecular weight is 523 g/mol. The van der Waals surface area contributed by atoms with Crippen molar-refractivity contribution in [3.8, 4) is 0 Å². The molecule has 1 unspecified atom stereocenters. The van der Waals surface area contributed by atoms with E-state index in [2.05, 4.69) is 10.6 Å². The lowest BCUT2D eigenvalue weighted by atomic mass is 9.98. The van der Waals surface area contributed by atoms with Crippen molar-refractivity contribution in [2.24, 2.45) is 17.6 Å². The van der Waals surface area contributed by atoms with E-state index < -0.39 is 47.4 Å². The summed E-state index contributed by atoms with van der Waals surface area (Å²) in [5, 5.41) is 5.46. The Kier molecular flexibility index (Phi) is 11.4. The number of primary amides is 1. The van der Waals surface area contributed by atoms with Crippen molar-refractivity contribution < 1.29 is 28.7 Å². The molecule has 37 heavy (non-hydrogen) atoms. The zero-order valence-electron chi connectivity index (χ0n) is 23.1. The lowest BCUT2D eigenvalue weighted by Crippen LogP contribution is -2.58. The van der Waals surface area contributed by atoms with E-state index in [0.717, 1.165) is 44.9 Å². The zero-order valence-corrected chi connectivity index (χ0v) is 23.1. The number of hydrogen-bond acceptors (Lipinski definition) is 6. The van der Waals surface area contributed by atoms with Crippen LogP contribution in [0.25, 0.3) is 0 Å². The fraction of sp³-hybridized carbons (Fsp3) is 0.815. The van der Waals surface area contributed by atoms with Crippen molar-refractivity contribution in [1.29, 1.82) is 0 Å². The van der Waals surface area contributed by atoms with Crippen LogP contribution in [0.4, 0.5) is 4.79 Å². The summed E-state index contributed by atoms with van der Waals surface area (Å²) in [5.41, 5.74) is 4.55. The van der Waals surface area contributed by atoms with Crippen LogP contribution in [0, 0.1) is 11.8 Å². The van der Waals surface area contributed by atoms with Crippen LogP contribution in [-0.4, -0.2) is 64.8 Å². The largest absolute Gasteiger partial charge is 0.444 e. The van der Waals surface area contributed by atoms with Gasteiger partial charge in [-0.05, 0) is 64.7 Å². The highest BCUT2D eigenvalue weighted by Crippen LogP contribution is 2.34. The van der Waals surface area contributed by atoms with E-state index in [1.165, 1.54) is 4.90 Å². The van der Waals surface area contributed by atoms with Crippen LogP contribution < -0.4 is 16.4 Å². The number of nitrogens with zero attached hydrogens (tertiary/aromatic N) is 1. The molecule has 0 aromatic carbocycles. The minimum atomic E-state index is -1.08. The highest BCUT2D eigenvalue weighted by molar-refractivity contribution is 6.37. The molecule has 10 nitrogen and oxygen atoms in total. The van der Waals surface area contributed by atoms with Gasteiger partial charge in [0.15, 0.2) is 0 Å². The molecule has 4 amide bonds. The summed E-state index contributed by atoms with van der Waals surface area (Å²) >= 11 is 0. The van der Waals surface area contributed by atoms with Gasteiger partial charge in [0.25, 0.3) is 5.91 Å². The molecule has 2 aliphatic rings. The molecule has 1 heterocycles. The van der Waals surface area contributed by atoms with E-state index in [9.17, 15) is 24.0 Å². The Morgan fingerprint density at radius 3 is 2.27 bits per heavy atom. The minimum absolute atomic E-state index is 0.0743. The number of rotatable bonds is 11. The Bertz CT molecular complexity index is 833. The number of ether oxygens (including phenoxy) is 1. The maximum atomic E-state index is 13.8. The van der Waals surface area contributed by atoms with E-state index in [0.29, 0.717) is 31.7 Å². The van der Waals surface area contributed by atoms with Crippen LogP contribution in [0.5, 0.6) is 0 Å². The van der Waals surface area contributed by atoms with Gasteiger partial charge in [-0.2, -0.15) is 0 Å². The van der Waals surface area contributed by atoms with Crippen molar-refractivity contribution in [1.82, 2.24) is 15.5 Å². The molecule has 210 valence electrons. The van der Waals surface area contributed by atoms with E-state index in [1.54, 1.807) is 20.8 Å². The van der Waals surface area contributed by atoms with E-state index in [4.69, 9.17) is 10.5 Å². The number of nitrogens with one attached hydrogen (secondary N) is 2. The van der Waals surface area contributed by atoms with Crippen LogP contribution in [0.2, 0.25) is 0 Å². The summed E-state index contributed by atoms with van der Waals surface area (Å²) < 4.78 is 5.37. The summed E-state index contributed by atoms with van der Waals surface area (Å²) in [6.07, 6.45) is 6.63. The number of alkyl carbamates (subject to hydrolysis) is 1. The van der Waals surface area contributed by atoms with Crippen molar-refractivity contribution in [3.63, 3.8) is 0 Å². The SMILES string of the molecule is CC(C)C[C@@H](C(=O)NC(CCC1CC1)C(=O)C(N)=O)N1CCCCCC[C@H](NC(=O)OC(C)(C)C)C1=O. The second-order valence-corrected chi connectivity index (χ2v) is 11.9. The molecule has 2 fully saturated rings. The first-order valence-corrected chi connectivity index (χ1v) is 13.7. The second kappa shape index (κ2) is 13.8. The maximum absolute atomic E-state index is 13.8. The topological polar surface area (TPSA) is 148 Å². The number of ketones is 1. The van der Waals surface area contributed by atoms with Gasteiger partial charge in [0.05, 0.1) is 6.04 Å². The van der Waals surface area contributed by atoms with Gasteiger partial charge in [-0.25, -0.2) is 4.79 Å². The quantitative estimate of drug-likeness (QED) is 0.355. The molecule has 1 aliphatic heterocycles. The molecular formula is C27H46N4O6. The van der Waals surface area contributed by atoms with Gasteiger partial charge < -0.3 is 26.0 Å². The van der Waals surface area contributed by atoms with Gasteiger partial charge in [-0.1, -0.05) is 46.0 Å². The highest BCUT2D eigenvalue weighted by atomic mass is 16.6. The van der Waals surface area contributed by atoms with Crippen LogP contribution >= 0.6 is 0 Å². The first-order chi connectivity index (χ1) is 17.3. The van der Waals surface area contributed by atoms with Crippen LogP contribution in [0.3, 0.4) is 0 Å². The third kappa shape index (κ3) is 10.7. The van der Waals surface area contributed by atoms with E-state index >= 15 is 0 Å². The molecule has 2 rings (SSSR count). The second-order valence-electron chi connectivity index (χ2n) is 11.9. The first kappa shape index (κ1) is 30.6. The normalized spacial score (nSPS) is 20.8. The van der Waals surface area contributed by atoms with E-state index in [-0.39, 0.29) is 11.8 Å². The Morgan fingerprint density at radius 1 is 1.05 bits per heavy atom. The molecule has 1 saturated heterocycles. The van der Waals surface area contributed by atoms with E-state index in [1.807, 2.05) is 13.8 Å². The number of carbonyl (C=O) groups excluding carboxylic acids is 5. The summed E-state index contributed by atoms with van der Waals surface area (Å²) in [5.74, 6) is -2.15. The number of Topliss-reactive ketones (excluding diaryl/α,β-unsaturated/α-hetero) is 1. The molecule has 0 bridgehead atoms. The van der Waals surface area contributed by atoms with Gasteiger partial charge in [-0.15, -0.1) is 0 Å². The third-order valence-corrected chi connectivity index (χ3v) is 6.72. The molecule has 0 aromatic rings. The summed E-state index contributed by atoms with van der Waals surface area (Å²) in [4.78, 5) is 65.6. The molecule has 1 aliphatic carbocycles. The molecule has 10 heteroatoms. The first-order valence-electron chi connectivity index (χ1n) is 13.7. The maximum Gasteiger partial charge on any atom is 0.408 e. The Hall–Kier alpha value is -2.65. The number of carbonyl (C=O) groups is 5. The van der Waals surface area contributed by atoms with Gasteiger partial charge in [0, 0.05) is 6.54 Å². The van der Waals surface area contributed by atoms with Gasteiger partial charge in [0.2, 0.25) is 17.6 Å². The zero-order chi connectivity index (χ0) is 27.8. The van der Waals surface area contributed by atoms with Crippen LogP contribution in [0.1, 0.15) is 98.8 Å². The number of hydrogen-bond donors (Lipinski definition) is 3. The molecular weight excluding hydrogens is 476 g/mol. The highest BCUT2D eigenvalue weighted by Gasteiger charge is 2.38. The molecule has 0 spiro atoms. The molecule has 0 aromatic heterocycles. The number of nitrogens with two attached hydrogens (primary N) is 1. The summed E-state index contributed by atoms with van der Waals surface area (Å²) in [6, 6.07) is -2.69. The minimum Gasteiger partial charge on any atom is -0.444 e. The third-order valence-electron chi connectivity index (χ3n) is 6.72. The number of amides is 4. The van der Waals surface area contributed by atoms with Crippen molar-refractivity contribution in [3.05, 3.63) is 0 Å². The fourth-order valence-corrected chi connectivity index (χ4v) is 4.65. The van der Waals surface area contributed by atoms with Gasteiger partial charge in [-0.3, -0.25) is 19.2 Å². The lowest BCUT2D eigenvalue weighted by Gasteiger charge is -2.35. The Balaban J connectivity index is 2.26. The Morgan fingerprint density at radius 2 is 1.70 bits per heavy atom. The fourth-order valence-electron chi connectivity index (χ4n) is 4.65. The predicted molar refractivity (Wildman–Crippen MR) is 139 cm³/mol. The Labute approximate surface area is 220 Å². The summed E-state index contributed by atoms with van der Waals surface area (Å²) in [7, 11) is 0. The monoisotopic (exact) mass is 522 g/mol. The summed E-state index contributed by atoms with van der Waals surface area (Å²) in [6.45, 7) is 9.51. The van der Waals surface area contributed by atoms with Crippen LogP contribution in [0.15, 0.2) is 0 Å². The van der Waals surface area contributed by atoms with Gasteiger partial charge in [0.1, 0.15) is 17.7 Å².